The van der Waals surface area contributed by atoms with Crippen molar-refractivity contribution in [2.75, 3.05) is 32.8 Å². The number of ether oxygens (including phenoxy) is 1. The maximum Gasteiger partial charge on any atom is 0.254 e. The molecule has 0 bridgehead atoms. The summed E-state index contributed by atoms with van der Waals surface area (Å²) in [4.78, 5) is 30.7. The fourth-order valence-electron chi connectivity index (χ4n) is 6.72. The molecule has 1 saturated carbocycles. The van der Waals surface area contributed by atoms with Gasteiger partial charge in [-0.1, -0.05) is 24.3 Å². The number of amides is 2. The van der Waals surface area contributed by atoms with E-state index in [0.29, 0.717) is 46.9 Å². The van der Waals surface area contributed by atoms with Crippen LogP contribution in [0.15, 0.2) is 54.6 Å². The lowest BCUT2D eigenvalue weighted by molar-refractivity contribution is 0.0629. The molecule has 8 nitrogen and oxygen atoms in total. The molecule has 3 heterocycles. The minimum Gasteiger partial charge on any atom is -0.493 e. The smallest absolute Gasteiger partial charge is 0.254 e. The predicted octanol–water partition coefficient (Wildman–Crippen LogP) is 3.60. The largest absolute Gasteiger partial charge is 0.493 e. The highest BCUT2D eigenvalue weighted by atomic mass is 16.5. The molecule has 1 aromatic heterocycles. The Balaban J connectivity index is 1.06. The first-order valence-electron chi connectivity index (χ1n) is 12.7. The van der Waals surface area contributed by atoms with E-state index in [-0.39, 0.29) is 11.8 Å². The quantitative estimate of drug-likeness (QED) is 0.481. The van der Waals surface area contributed by atoms with Gasteiger partial charge in [-0.15, -0.1) is 0 Å². The zero-order chi connectivity index (χ0) is 24.4. The summed E-state index contributed by atoms with van der Waals surface area (Å²) in [6.07, 6.45) is 0. The van der Waals surface area contributed by atoms with Crippen LogP contribution in [0.25, 0.3) is 21.8 Å². The molecule has 3 aliphatic rings. The molecule has 0 spiro atoms. The van der Waals surface area contributed by atoms with E-state index in [9.17, 15) is 9.59 Å². The number of rotatable bonds is 4. The van der Waals surface area contributed by atoms with E-state index in [1.807, 2.05) is 71.3 Å². The molecule has 1 N–H and O–H groups in total. The van der Waals surface area contributed by atoms with Crippen molar-refractivity contribution in [3.05, 3.63) is 65.7 Å². The molecule has 2 amide bonds. The second kappa shape index (κ2) is 8.05. The molecule has 4 aromatic rings. The predicted molar refractivity (Wildman–Crippen MR) is 135 cm³/mol. The summed E-state index contributed by atoms with van der Waals surface area (Å²) in [5.74, 6) is 2.73. The molecular formula is C28H27N5O3. The van der Waals surface area contributed by atoms with Gasteiger partial charge in [0.15, 0.2) is 0 Å². The second-order valence-electron chi connectivity index (χ2n) is 10.2. The zero-order valence-corrected chi connectivity index (χ0v) is 20.1. The van der Waals surface area contributed by atoms with Gasteiger partial charge in [0.25, 0.3) is 11.8 Å². The molecule has 3 fully saturated rings. The van der Waals surface area contributed by atoms with Gasteiger partial charge < -0.3 is 14.5 Å². The number of benzene rings is 3. The summed E-state index contributed by atoms with van der Waals surface area (Å²) in [6.45, 7) is 5.55. The summed E-state index contributed by atoms with van der Waals surface area (Å²) in [6, 6.07) is 17.4. The van der Waals surface area contributed by atoms with Crippen LogP contribution in [0, 0.1) is 23.7 Å². The molecule has 4 atom stereocenters. The lowest BCUT2D eigenvalue weighted by Gasteiger charge is -2.42. The van der Waals surface area contributed by atoms with Gasteiger partial charge in [0.1, 0.15) is 16.8 Å². The molecule has 8 heteroatoms. The molecule has 3 aromatic carbocycles. The molecule has 1 aliphatic carbocycles. The van der Waals surface area contributed by atoms with Gasteiger partial charge in [-0.05, 0) is 66.3 Å². The molecular weight excluding hydrogens is 454 g/mol. The van der Waals surface area contributed by atoms with Crippen LogP contribution >= 0.6 is 0 Å². The van der Waals surface area contributed by atoms with Crippen LogP contribution in [0.3, 0.4) is 0 Å². The van der Waals surface area contributed by atoms with Crippen molar-refractivity contribution in [1.29, 1.82) is 0 Å². The first kappa shape index (κ1) is 21.4. The van der Waals surface area contributed by atoms with Crippen LogP contribution in [0.4, 0.5) is 0 Å². The van der Waals surface area contributed by atoms with Crippen molar-refractivity contribution in [1.82, 2.24) is 25.2 Å². The highest BCUT2D eigenvalue weighted by Crippen LogP contribution is 2.54. The Kier molecular flexibility index (Phi) is 4.77. The van der Waals surface area contributed by atoms with E-state index in [4.69, 9.17) is 4.74 Å². The summed E-state index contributed by atoms with van der Waals surface area (Å²) in [5, 5.41) is 12.8. The van der Waals surface area contributed by atoms with Gasteiger partial charge in [0, 0.05) is 42.7 Å². The van der Waals surface area contributed by atoms with Crippen LogP contribution in [0.5, 0.6) is 5.75 Å². The molecule has 182 valence electrons. The van der Waals surface area contributed by atoms with E-state index in [0.717, 1.165) is 48.2 Å². The van der Waals surface area contributed by atoms with E-state index in [1.165, 1.54) is 0 Å². The summed E-state index contributed by atoms with van der Waals surface area (Å²) in [7, 11) is 0. The van der Waals surface area contributed by atoms with Crippen molar-refractivity contribution in [3.63, 3.8) is 0 Å². The molecule has 7 rings (SSSR count). The molecule has 0 radical (unpaired) electrons. The van der Waals surface area contributed by atoms with Crippen molar-refractivity contribution in [2.45, 2.75) is 6.92 Å². The number of hydrogen-bond donors (Lipinski definition) is 1. The Morgan fingerprint density at radius 2 is 1.47 bits per heavy atom. The number of H-pyrrole nitrogens is 1. The maximum atomic E-state index is 13.5. The van der Waals surface area contributed by atoms with Gasteiger partial charge in [0.2, 0.25) is 0 Å². The van der Waals surface area contributed by atoms with E-state index < -0.39 is 0 Å². The SMILES string of the molecule is CCOc1cc(C(=O)N2C[C@@H]3[C@H](C2)[C@H]2CN(C(=O)c4ccc5n[nH]nc5c4)C[C@@H]32)cc2ccccc12. The van der Waals surface area contributed by atoms with Crippen LogP contribution in [-0.2, 0) is 0 Å². The van der Waals surface area contributed by atoms with Crippen molar-refractivity contribution in [3.8, 4) is 5.75 Å². The third-order valence-electron chi connectivity index (χ3n) is 8.43. The summed E-state index contributed by atoms with van der Waals surface area (Å²) in [5.41, 5.74) is 2.80. The fraction of sp³-hybridized carbons (Fsp3) is 0.357. The average molecular weight is 482 g/mol. The number of carbonyl (C=O) groups excluding carboxylic acids is 2. The lowest BCUT2D eigenvalue weighted by atomic mass is 9.60. The number of nitrogens with one attached hydrogen (secondary N) is 1. The molecule has 2 aliphatic heterocycles. The topological polar surface area (TPSA) is 91.4 Å². The fourth-order valence-corrected chi connectivity index (χ4v) is 6.72. The highest BCUT2D eigenvalue weighted by Gasteiger charge is 2.59. The average Bonchev–Trinajstić information content (AvgIpc) is 3.62. The first-order chi connectivity index (χ1) is 17.6. The maximum absolute atomic E-state index is 13.5. The lowest BCUT2D eigenvalue weighted by Crippen LogP contribution is -2.44. The van der Waals surface area contributed by atoms with Crippen molar-refractivity contribution < 1.29 is 14.3 Å². The van der Waals surface area contributed by atoms with Crippen molar-refractivity contribution in [2.24, 2.45) is 23.7 Å². The monoisotopic (exact) mass is 481 g/mol. The van der Waals surface area contributed by atoms with Crippen LogP contribution in [0.2, 0.25) is 0 Å². The van der Waals surface area contributed by atoms with Gasteiger partial charge in [0.05, 0.1) is 6.61 Å². The molecule has 36 heavy (non-hydrogen) atoms. The standard InChI is InChI=1S/C28H27N5O3/c1-2-36-26-11-18(9-16-5-3-4-6-19(16)26)28(35)33-14-22-20-12-32(13-21(20)23(22)15-33)27(34)17-7-8-24-25(10-17)30-31-29-24/h3-11,20-23H,2,12-15H2,1H3,(H,29,30,31)/t20-,21+,22+,23-. The van der Waals surface area contributed by atoms with Gasteiger partial charge in [-0.2, -0.15) is 15.4 Å². The Hall–Kier alpha value is -3.94. The number of aromatic nitrogens is 3. The normalized spacial score (nSPS) is 24.6. The van der Waals surface area contributed by atoms with Gasteiger partial charge in [-0.25, -0.2) is 0 Å². The van der Waals surface area contributed by atoms with Crippen LogP contribution < -0.4 is 4.74 Å². The molecule has 2 saturated heterocycles. The first-order valence-corrected chi connectivity index (χ1v) is 12.7. The Morgan fingerprint density at radius 1 is 0.833 bits per heavy atom. The van der Waals surface area contributed by atoms with Crippen LogP contribution in [-0.4, -0.2) is 69.8 Å². The minimum atomic E-state index is 0.0555. The summed E-state index contributed by atoms with van der Waals surface area (Å²) >= 11 is 0. The number of hydrogen-bond acceptors (Lipinski definition) is 5. The third-order valence-corrected chi connectivity index (χ3v) is 8.43. The van der Waals surface area contributed by atoms with Crippen molar-refractivity contribution >= 4 is 33.6 Å². The number of fused-ring (bicyclic) bond motifs is 6. The number of aromatic amines is 1. The number of carbonyl (C=O) groups is 2. The molecule has 0 unspecified atom stereocenters. The van der Waals surface area contributed by atoms with E-state index in [1.54, 1.807) is 0 Å². The van der Waals surface area contributed by atoms with E-state index >= 15 is 0 Å². The number of nitrogens with zero attached hydrogens (tertiary/aromatic N) is 4. The Bertz CT molecular complexity index is 1490. The Labute approximate surface area is 208 Å². The third kappa shape index (κ3) is 3.20. The zero-order valence-electron chi connectivity index (χ0n) is 20.1. The Morgan fingerprint density at radius 3 is 2.17 bits per heavy atom. The summed E-state index contributed by atoms with van der Waals surface area (Å²) < 4.78 is 5.86. The second-order valence-corrected chi connectivity index (χ2v) is 10.2. The van der Waals surface area contributed by atoms with Gasteiger partial charge >= 0.3 is 0 Å². The minimum absolute atomic E-state index is 0.0555. The number of likely N-dealkylation sites (tertiary alicyclic amines) is 2. The van der Waals surface area contributed by atoms with Crippen LogP contribution in [0.1, 0.15) is 27.6 Å². The van der Waals surface area contributed by atoms with E-state index in [2.05, 4.69) is 15.4 Å². The van der Waals surface area contributed by atoms with Gasteiger partial charge in [-0.3, -0.25) is 9.59 Å². The highest BCUT2D eigenvalue weighted by molar-refractivity contribution is 6.01.